The molecule has 0 atom stereocenters. The van der Waals surface area contributed by atoms with Crippen molar-refractivity contribution in [3.63, 3.8) is 0 Å². The van der Waals surface area contributed by atoms with Gasteiger partial charge in [0.2, 0.25) is 5.43 Å². The molecule has 1 aromatic heterocycles. The summed E-state index contributed by atoms with van der Waals surface area (Å²) in [5, 5.41) is 2.39. The highest BCUT2D eigenvalue weighted by atomic mass is 16.5. The Morgan fingerprint density at radius 2 is 1.62 bits per heavy atom. The van der Waals surface area contributed by atoms with E-state index in [0.717, 1.165) is 0 Å². The second kappa shape index (κ2) is 5.49. The molecule has 0 aliphatic rings. The number of para-hydroxylation sites is 1. The fourth-order valence-electron chi connectivity index (χ4n) is 3.04. The molecule has 0 saturated carbocycles. The molecular weight excluding hydrogens is 304 g/mol. The van der Waals surface area contributed by atoms with Gasteiger partial charge in [0, 0.05) is 0 Å². The average Bonchev–Trinajstić information content (AvgIpc) is 2.61. The molecule has 0 aliphatic heterocycles. The summed E-state index contributed by atoms with van der Waals surface area (Å²) in [6, 6.07) is 16.0. The lowest BCUT2D eigenvalue weighted by Gasteiger charge is -2.09. The Bertz CT molecular complexity index is 1150. The molecule has 118 valence electrons. The Morgan fingerprint density at radius 3 is 2.38 bits per heavy atom. The molecule has 24 heavy (non-hydrogen) atoms. The number of carbonyl (C=O) groups excluding carboxylic acids is 1. The van der Waals surface area contributed by atoms with Crippen LogP contribution in [0.5, 0.6) is 0 Å². The highest BCUT2D eigenvalue weighted by Crippen LogP contribution is 2.29. The summed E-state index contributed by atoms with van der Waals surface area (Å²) in [7, 11) is 0. The van der Waals surface area contributed by atoms with Crippen molar-refractivity contribution < 1.29 is 13.9 Å². The van der Waals surface area contributed by atoms with E-state index in [4.69, 9.17) is 9.15 Å². The van der Waals surface area contributed by atoms with Crippen molar-refractivity contribution >= 4 is 38.7 Å². The van der Waals surface area contributed by atoms with Crippen molar-refractivity contribution in [1.82, 2.24) is 0 Å². The number of hydrogen-bond acceptors (Lipinski definition) is 4. The fraction of sp³-hybridized carbons (Fsp3) is 0.100. The highest BCUT2D eigenvalue weighted by molar-refractivity contribution is 6.16. The van der Waals surface area contributed by atoms with Gasteiger partial charge >= 0.3 is 5.97 Å². The van der Waals surface area contributed by atoms with Crippen molar-refractivity contribution in [1.29, 1.82) is 0 Å². The Hall–Kier alpha value is -3.14. The minimum atomic E-state index is -0.425. The van der Waals surface area contributed by atoms with Gasteiger partial charge in [0.25, 0.3) is 0 Å². The number of ether oxygens (including phenoxy) is 1. The molecule has 0 aliphatic carbocycles. The zero-order valence-corrected chi connectivity index (χ0v) is 13.0. The van der Waals surface area contributed by atoms with Gasteiger partial charge in [-0.15, -0.1) is 0 Å². The Morgan fingerprint density at radius 1 is 0.958 bits per heavy atom. The summed E-state index contributed by atoms with van der Waals surface area (Å²) in [4.78, 5) is 25.2. The lowest BCUT2D eigenvalue weighted by Crippen LogP contribution is -2.08. The maximum atomic E-state index is 12.9. The quantitative estimate of drug-likeness (QED) is 0.314. The molecule has 0 fully saturated rings. The molecule has 4 aromatic rings. The van der Waals surface area contributed by atoms with E-state index in [1.165, 1.54) is 0 Å². The van der Waals surface area contributed by atoms with E-state index in [0.29, 0.717) is 38.3 Å². The van der Waals surface area contributed by atoms with E-state index < -0.39 is 5.97 Å². The molecule has 0 saturated heterocycles. The van der Waals surface area contributed by atoms with Gasteiger partial charge in [0.05, 0.1) is 22.9 Å². The van der Waals surface area contributed by atoms with Crippen molar-refractivity contribution in [2.24, 2.45) is 0 Å². The minimum Gasteiger partial charge on any atom is -0.462 e. The third kappa shape index (κ3) is 2.07. The van der Waals surface area contributed by atoms with Gasteiger partial charge in [-0.05, 0) is 35.9 Å². The topological polar surface area (TPSA) is 56.5 Å². The largest absolute Gasteiger partial charge is 0.462 e. The van der Waals surface area contributed by atoms with E-state index in [9.17, 15) is 9.59 Å². The van der Waals surface area contributed by atoms with Crippen LogP contribution in [0.4, 0.5) is 0 Å². The van der Waals surface area contributed by atoms with Gasteiger partial charge in [0.15, 0.2) is 0 Å². The number of carbonyl (C=O) groups is 1. The first-order valence-electron chi connectivity index (χ1n) is 7.75. The van der Waals surface area contributed by atoms with Gasteiger partial charge in [-0.25, -0.2) is 4.79 Å². The second-order valence-corrected chi connectivity index (χ2v) is 5.49. The third-order valence-corrected chi connectivity index (χ3v) is 4.08. The monoisotopic (exact) mass is 318 g/mol. The highest BCUT2D eigenvalue weighted by Gasteiger charge is 2.18. The fourth-order valence-corrected chi connectivity index (χ4v) is 3.04. The Balaban J connectivity index is 2.22. The summed E-state index contributed by atoms with van der Waals surface area (Å²) in [5.74, 6) is -0.425. The molecule has 0 amide bonds. The minimum absolute atomic E-state index is 0.0986. The normalized spacial score (nSPS) is 11.2. The predicted octanol–water partition coefficient (Wildman–Crippen LogP) is 4.28. The number of benzene rings is 3. The van der Waals surface area contributed by atoms with Gasteiger partial charge < -0.3 is 9.15 Å². The first-order chi connectivity index (χ1) is 11.7. The summed E-state index contributed by atoms with van der Waals surface area (Å²) in [6.45, 7) is 2.04. The van der Waals surface area contributed by atoms with Crippen LogP contribution in [0.1, 0.15) is 17.3 Å². The van der Waals surface area contributed by atoms with Crippen LogP contribution in [0.3, 0.4) is 0 Å². The standard InChI is InChI=1S/C20H14O4/c1-2-23-20(22)15-11-17-18(13-8-4-3-7-12(13)15)19(21)14-9-5-6-10-16(14)24-17/h3-11H,2H2,1H3. The van der Waals surface area contributed by atoms with Crippen LogP contribution >= 0.6 is 0 Å². The SMILES string of the molecule is CCOC(=O)c1cc2oc3ccccc3c(=O)c2c2ccccc12. The molecule has 4 rings (SSSR count). The Kier molecular flexibility index (Phi) is 3.31. The second-order valence-electron chi connectivity index (χ2n) is 5.49. The third-order valence-electron chi connectivity index (χ3n) is 4.08. The van der Waals surface area contributed by atoms with Crippen LogP contribution in [0, 0.1) is 0 Å². The smallest absolute Gasteiger partial charge is 0.338 e. The molecule has 0 bridgehead atoms. The average molecular weight is 318 g/mol. The molecule has 1 heterocycles. The molecule has 4 nitrogen and oxygen atoms in total. The van der Waals surface area contributed by atoms with Crippen LogP contribution in [0.25, 0.3) is 32.7 Å². The lowest BCUT2D eigenvalue weighted by molar-refractivity contribution is 0.0528. The molecule has 0 unspecified atom stereocenters. The molecule has 0 N–H and O–H groups in total. The van der Waals surface area contributed by atoms with E-state index in [2.05, 4.69) is 0 Å². The van der Waals surface area contributed by atoms with Crippen LogP contribution in [-0.4, -0.2) is 12.6 Å². The van der Waals surface area contributed by atoms with E-state index >= 15 is 0 Å². The van der Waals surface area contributed by atoms with E-state index in [1.54, 1.807) is 31.2 Å². The molecule has 4 heteroatoms. The molecule has 0 spiro atoms. The van der Waals surface area contributed by atoms with Gasteiger partial charge in [-0.3, -0.25) is 4.79 Å². The molecule has 0 radical (unpaired) electrons. The van der Waals surface area contributed by atoms with Crippen LogP contribution in [-0.2, 0) is 4.74 Å². The lowest BCUT2D eigenvalue weighted by atomic mass is 9.99. The maximum absolute atomic E-state index is 12.9. The summed E-state index contributed by atoms with van der Waals surface area (Å²) in [6.07, 6.45) is 0. The summed E-state index contributed by atoms with van der Waals surface area (Å²) < 4.78 is 11.0. The van der Waals surface area contributed by atoms with Gasteiger partial charge in [0.1, 0.15) is 11.2 Å². The van der Waals surface area contributed by atoms with Crippen LogP contribution < -0.4 is 5.43 Å². The Labute approximate surface area is 137 Å². The molecule has 3 aromatic carbocycles. The van der Waals surface area contributed by atoms with Gasteiger partial charge in [-0.2, -0.15) is 0 Å². The zero-order valence-electron chi connectivity index (χ0n) is 13.0. The van der Waals surface area contributed by atoms with Crippen molar-refractivity contribution in [3.05, 3.63) is 70.4 Å². The first kappa shape index (κ1) is 14.5. The maximum Gasteiger partial charge on any atom is 0.338 e. The van der Waals surface area contributed by atoms with E-state index in [1.807, 2.05) is 30.3 Å². The number of esters is 1. The van der Waals surface area contributed by atoms with Crippen LogP contribution in [0.15, 0.2) is 63.8 Å². The zero-order chi connectivity index (χ0) is 16.7. The van der Waals surface area contributed by atoms with Crippen molar-refractivity contribution in [3.8, 4) is 0 Å². The number of hydrogen-bond donors (Lipinski definition) is 0. The molecular formula is C20H14O4. The number of rotatable bonds is 2. The number of fused-ring (bicyclic) bond motifs is 4. The van der Waals surface area contributed by atoms with Crippen molar-refractivity contribution in [2.75, 3.05) is 6.61 Å². The summed E-state index contributed by atoms with van der Waals surface area (Å²) >= 11 is 0. The predicted molar refractivity (Wildman–Crippen MR) is 93.5 cm³/mol. The van der Waals surface area contributed by atoms with Crippen molar-refractivity contribution in [2.45, 2.75) is 6.92 Å². The van der Waals surface area contributed by atoms with Crippen LogP contribution in [0.2, 0.25) is 0 Å². The summed E-state index contributed by atoms with van der Waals surface area (Å²) in [5.41, 5.74) is 1.19. The van der Waals surface area contributed by atoms with E-state index in [-0.39, 0.29) is 12.0 Å². The van der Waals surface area contributed by atoms with Gasteiger partial charge in [-0.1, -0.05) is 36.4 Å². The first-order valence-corrected chi connectivity index (χ1v) is 7.75.